The summed E-state index contributed by atoms with van der Waals surface area (Å²) in [5, 5.41) is 20.5. The summed E-state index contributed by atoms with van der Waals surface area (Å²) in [6, 6.07) is 4.33. The van der Waals surface area contributed by atoms with E-state index in [0.29, 0.717) is 12.8 Å². The van der Waals surface area contributed by atoms with E-state index in [-0.39, 0.29) is 0 Å². The highest BCUT2D eigenvalue weighted by molar-refractivity contribution is 6.17. The van der Waals surface area contributed by atoms with Gasteiger partial charge in [0, 0.05) is 10.9 Å². The Hall–Kier alpha value is -0.930. The van der Waals surface area contributed by atoms with Gasteiger partial charge in [-0.1, -0.05) is 13.8 Å². The maximum absolute atomic E-state index is 9.08. The first kappa shape index (κ1) is 18.1. The van der Waals surface area contributed by atoms with Crippen LogP contribution in [0.25, 0.3) is 0 Å². The molecule has 0 amide bonds. The van der Waals surface area contributed by atoms with Crippen molar-refractivity contribution in [3.05, 3.63) is 0 Å². The summed E-state index contributed by atoms with van der Waals surface area (Å²) in [5.41, 5.74) is -1.60. The summed E-state index contributed by atoms with van der Waals surface area (Å²) in [7, 11) is 12.1. The second-order valence-corrected chi connectivity index (χ2v) is 7.30. The van der Waals surface area contributed by atoms with Gasteiger partial charge in [-0.25, -0.2) is 0 Å². The van der Waals surface area contributed by atoms with Crippen molar-refractivity contribution in [3.8, 4) is 12.1 Å². The molecule has 0 spiro atoms. The lowest BCUT2D eigenvalue weighted by atomic mass is 9.63. The van der Waals surface area contributed by atoms with E-state index >= 15 is 0 Å². The van der Waals surface area contributed by atoms with Gasteiger partial charge in [0.25, 0.3) is 0 Å². The average Bonchev–Trinajstić information content (AvgIpc) is 2.12. The molecule has 2 unspecified atom stereocenters. The molecular formula is C14H23B2N3. The van der Waals surface area contributed by atoms with Crippen LogP contribution in [0.2, 0.25) is 5.31 Å². The van der Waals surface area contributed by atoms with Crippen LogP contribution in [0.4, 0.5) is 0 Å². The summed E-state index contributed by atoms with van der Waals surface area (Å²) in [4.78, 5) is 0. The minimum Gasteiger partial charge on any atom is -0.315 e. The Morgan fingerprint density at radius 2 is 1.37 bits per heavy atom. The van der Waals surface area contributed by atoms with E-state index in [4.69, 9.17) is 26.2 Å². The van der Waals surface area contributed by atoms with Crippen molar-refractivity contribution in [2.75, 3.05) is 0 Å². The summed E-state index contributed by atoms with van der Waals surface area (Å²) >= 11 is 0. The normalized spacial score (nSPS) is 18.7. The van der Waals surface area contributed by atoms with Gasteiger partial charge in [-0.15, -0.1) is 0 Å². The quantitative estimate of drug-likeness (QED) is 0.741. The lowest BCUT2D eigenvalue weighted by Crippen LogP contribution is -2.56. The molecular weight excluding hydrogens is 232 g/mol. The van der Waals surface area contributed by atoms with E-state index in [2.05, 4.69) is 17.5 Å². The summed E-state index contributed by atoms with van der Waals surface area (Å²) < 4.78 is 0. The fourth-order valence-corrected chi connectivity index (χ4v) is 2.78. The Labute approximate surface area is 120 Å². The lowest BCUT2D eigenvalue weighted by molar-refractivity contribution is 0.242. The number of nitrogens with one attached hydrogen (secondary N) is 1. The van der Waals surface area contributed by atoms with Gasteiger partial charge in [-0.2, -0.15) is 10.5 Å². The first-order chi connectivity index (χ1) is 8.24. The molecule has 3 nitrogen and oxygen atoms in total. The fourth-order valence-electron chi connectivity index (χ4n) is 2.78. The highest BCUT2D eigenvalue weighted by Gasteiger charge is 2.35. The maximum atomic E-state index is 9.08. The molecule has 0 fully saturated rings. The van der Waals surface area contributed by atoms with Crippen LogP contribution in [0.3, 0.4) is 0 Å². The van der Waals surface area contributed by atoms with Crippen molar-refractivity contribution in [1.82, 2.24) is 5.32 Å². The molecule has 0 saturated carbocycles. The van der Waals surface area contributed by atoms with Crippen molar-refractivity contribution in [1.29, 1.82) is 10.5 Å². The second-order valence-electron chi connectivity index (χ2n) is 7.30. The highest BCUT2D eigenvalue weighted by atomic mass is 15.0. The van der Waals surface area contributed by atoms with Crippen molar-refractivity contribution < 1.29 is 0 Å². The van der Waals surface area contributed by atoms with Crippen LogP contribution < -0.4 is 5.32 Å². The molecule has 4 radical (unpaired) electrons. The predicted molar refractivity (Wildman–Crippen MR) is 79.7 cm³/mol. The molecule has 0 aliphatic heterocycles. The predicted octanol–water partition coefficient (Wildman–Crippen LogP) is 2.44. The van der Waals surface area contributed by atoms with Gasteiger partial charge in [0.15, 0.2) is 0 Å². The van der Waals surface area contributed by atoms with E-state index in [1.807, 2.05) is 34.6 Å². The zero-order chi connectivity index (χ0) is 15.5. The lowest BCUT2D eigenvalue weighted by Gasteiger charge is -2.42. The molecule has 2 atom stereocenters. The molecule has 0 aromatic rings. The zero-order valence-corrected chi connectivity index (χ0v) is 13.0. The molecule has 100 valence electrons. The summed E-state index contributed by atoms with van der Waals surface area (Å²) in [6.07, 6.45) is 0.976. The van der Waals surface area contributed by atoms with Crippen LogP contribution in [-0.2, 0) is 0 Å². The summed E-state index contributed by atoms with van der Waals surface area (Å²) in [5.74, 6) is 0. The van der Waals surface area contributed by atoms with E-state index in [1.54, 1.807) is 6.92 Å². The number of rotatable bonds is 6. The Kier molecular flexibility index (Phi) is 5.32. The molecule has 0 aliphatic rings. The summed E-state index contributed by atoms with van der Waals surface area (Å²) in [6.45, 7) is 11.2. The van der Waals surface area contributed by atoms with Gasteiger partial charge in [0.1, 0.15) is 0 Å². The van der Waals surface area contributed by atoms with E-state index in [9.17, 15) is 0 Å². The van der Waals surface area contributed by atoms with Gasteiger partial charge in [0.2, 0.25) is 0 Å². The molecule has 0 heterocycles. The van der Waals surface area contributed by atoms with Crippen LogP contribution in [0.1, 0.15) is 54.4 Å². The van der Waals surface area contributed by atoms with Gasteiger partial charge in [0.05, 0.1) is 33.2 Å². The molecule has 0 rings (SSSR count). The molecule has 19 heavy (non-hydrogen) atoms. The third-order valence-electron chi connectivity index (χ3n) is 2.80. The average molecular weight is 255 g/mol. The number of nitriles is 2. The number of hydrogen-bond acceptors (Lipinski definition) is 3. The van der Waals surface area contributed by atoms with Crippen LogP contribution >= 0.6 is 0 Å². The van der Waals surface area contributed by atoms with Crippen molar-refractivity contribution in [2.24, 2.45) is 5.41 Å². The molecule has 1 N–H and O–H groups in total. The Bertz CT molecular complexity index is 360. The largest absolute Gasteiger partial charge is 0.315 e. The van der Waals surface area contributed by atoms with Crippen LogP contribution in [0, 0.1) is 28.1 Å². The number of hydrogen-bond donors (Lipinski definition) is 1. The molecule has 0 saturated heterocycles. The maximum Gasteiger partial charge on any atom is 0.0950 e. The Balaban J connectivity index is 4.84. The molecule has 0 bridgehead atoms. The molecule has 0 aromatic heterocycles. The fraction of sp³-hybridized carbons (Fsp3) is 0.857. The standard InChI is InChI=1S/C14H23B2N3/c1-11(2,9-17)7-14(6,16)19-12(3,4)8-13(5,15)10-18/h19H,7-8H2,1-6H3. The van der Waals surface area contributed by atoms with E-state index in [1.165, 1.54) is 0 Å². The van der Waals surface area contributed by atoms with Crippen LogP contribution in [0.5, 0.6) is 0 Å². The monoisotopic (exact) mass is 255 g/mol. The third-order valence-corrected chi connectivity index (χ3v) is 2.80. The minimum atomic E-state index is -0.905. The number of nitrogens with zero attached hydrogens (tertiary/aromatic N) is 2. The topological polar surface area (TPSA) is 59.6 Å². The van der Waals surface area contributed by atoms with Gasteiger partial charge in [-0.05, 0) is 46.0 Å². The molecule has 0 aromatic carbocycles. The van der Waals surface area contributed by atoms with Crippen molar-refractivity contribution in [2.45, 2.75) is 70.7 Å². The smallest absolute Gasteiger partial charge is 0.0950 e. The van der Waals surface area contributed by atoms with E-state index < -0.39 is 21.7 Å². The molecule has 5 heteroatoms. The van der Waals surface area contributed by atoms with Crippen LogP contribution in [-0.4, -0.2) is 26.7 Å². The Morgan fingerprint density at radius 1 is 0.895 bits per heavy atom. The first-order valence-electron chi connectivity index (χ1n) is 6.44. The highest BCUT2D eigenvalue weighted by Crippen LogP contribution is 2.33. The van der Waals surface area contributed by atoms with Gasteiger partial charge < -0.3 is 5.32 Å². The van der Waals surface area contributed by atoms with Gasteiger partial charge >= 0.3 is 0 Å². The third kappa shape index (κ3) is 7.28. The SMILES string of the molecule is [B]C(C)(C#N)CC(C)(C)NC([B])(C)CC(C)(C)C#N. The van der Waals surface area contributed by atoms with Crippen molar-refractivity contribution >= 4 is 15.7 Å². The zero-order valence-electron chi connectivity index (χ0n) is 13.0. The first-order valence-corrected chi connectivity index (χ1v) is 6.44. The van der Waals surface area contributed by atoms with Crippen molar-refractivity contribution in [3.63, 3.8) is 0 Å². The van der Waals surface area contributed by atoms with Crippen LogP contribution in [0.15, 0.2) is 0 Å². The second kappa shape index (κ2) is 5.59. The van der Waals surface area contributed by atoms with E-state index in [0.717, 1.165) is 0 Å². The molecule has 0 aliphatic carbocycles. The Morgan fingerprint density at radius 3 is 1.74 bits per heavy atom. The minimum absolute atomic E-state index is 0.395. The van der Waals surface area contributed by atoms with Gasteiger partial charge in [-0.3, -0.25) is 0 Å².